The monoisotopic (exact) mass is 179 g/mol. The van der Waals surface area contributed by atoms with Crippen LogP contribution >= 0.6 is 0 Å². The third-order valence-corrected chi connectivity index (χ3v) is 3.01. The quantitative estimate of drug-likeness (QED) is 0.757. The van der Waals surface area contributed by atoms with Crippen molar-refractivity contribution in [3.05, 3.63) is 17.7 Å². The van der Waals surface area contributed by atoms with Crippen LogP contribution in [0.4, 0.5) is 0 Å². The summed E-state index contributed by atoms with van der Waals surface area (Å²) in [6.45, 7) is 0.689. The maximum atomic E-state index is 5.51. The smallest absolute Gasteiger partial charge is 0.109 e. The molecule has 72 valence electrons. The Morgan fingerprint density at radius 1 is 1.62 bits per heavy atom. The molecule has 13 heavy (non-hydrogen) atoms. The number of nitrogens with two attached hydrogens (primary N) is 1. The Bertz CT molecular complexity index is 286. The fourth-order valence-electron chi connectivity index (χ4n) is 1.91. The van der Waals surface area contributed by atoms with Gasteiger partial charge in [-0.3, -0.25) is 0 Å². The van der Waals surface area contributed by atoms with E-state index in [4.69, 9.17) is 5.73 Å². The Kier molecular flexibility index (Phi) is 2.36. The first-order valence-electron chi connectivity index (χ1n) is 5.03. The first kappa shape index (κ1) is 8.75. The molecule has 1 aliphatic carbocycles. The van der Waals surface area contributed by atoms with Gasteiger partial charge in [0, 0.05) is 31.3 Å². The van der Waals surface area contributed by atoms with Crippen molar-refractivity contribution in [3.63, 3.8) is 0 Å². The van der Waals surface area contributed by atoms with Gasteiger partial charge < -0.3 is 10.3 Å². The Labute approximate surface area is 79.0 Å². The first-order valence-corrected chi connectivity index (χ1v) is 5.03. The normalized spacial score (nSPS) is 17.4. The molecular weight excluding hydrogens is 162 g/mol. The van der Waals surface area contributed by atoms with Crippen molar-refractivity contribution in [2.45, 2.75) is 31.6 Å². The average Bonchev–Trinajstić information content (AvgIpc) is 2.34. The molecule has 0 radical (unpaired) electrons. The van der Waals surface area contributed by atoms with Crippen molar-refractivity contribution in [2.24, 2.45) is 12.8 Å². The zero-order valence-electron chi connectivity index (χ0n) is 8.16. The van der Waals surface area contributed by atoms with Crippen LogP contribution in [0.5, 0.6) is 0 Å². The van der Waals surface area contributed by atoms with E-state index in [-0.39, 0.29) is 0 Å². The minimum absolute atomic E-state index is 0.689. The fraction of sp³-hybridized carbons (Fsp3) is 0.700. The van der Waals surface area contributed by atoms with Gasteiger partial charge in [0.2, 0.25) is 0 Å². The Morgan fingerprint density at radius 2 is 2.38 bits per heavy atom. The summed E-state index contributed by atoms with van der Waals surface area (Å²) in [6, 6.07) is 0. The van der Waals surface area contributed by atoms with Crippen LogP contribution in [0, 0.1) is 0 Å². The summed E-state index contributed by atoms with van der Waals surface area (Å²) in [4.78, 5) is 4.39. The Hall–Kier alpha value is -0.830. The molecule has 0 saturated heterocycles. The van der Waals surface area contributed by atoms with E-state index >= 15 is 0 Å². The van der Waals surface area contributed by atoms with Crippen LogP contribution in [0.15, 0.2) is 6.20 Å². The van der Waals surface area contributed by atoms with Crippen molar-refractivity contribution in [2.75, 3.05) is 6.54 Å². The molecule has 0 spiro atoms. The average molecular weight is 179 g/mol. The summed E-state index contributed by atoms with van der Waals surface area (Å²) < 4.78 is 2.22. The van der Waals surface area contributed by atoms with E-state index in [1.165, 1.54) is 25.0 Å². The highest BCUT2D eigenvalue weighted by Gasteiger charge is 2.22. The van der Waals surface area contributed by atoms with E-state index in [1.54, 1.807) is 0 Å². The standard InChI is InChI=1S/C10H17N3/c1-13-9(8-3-2-4-8)7-12-10(13)5-6-11/h7-8H,2-6,11H2,1H3. The second kappa shape index (κ2) is 3.50. The number of aromatic nitrogens is 2. The molecule has 0 amide bonds. The Balaban J connectivity index is 2.17. The molecule has 1 saturated carbocycles. The lowest BCUT2D eigenvalue weighted by molar-refractivity contribution is 0.401. The lowest BCUT2D eigenvalue weighted by atomic mass is 9.83. The van der Waals surface area contributed by atoms with Gasteiger partial charge >= 0.3 is 0 Å². The van der Waals surface area contributed by atoms with E-state index < -0.39 is 0 Å². The van der Waals surface area contributed by atoms with Gasteiger partial charge in [-0.25, -0.2) is 4.98 Å². The molecule has 3 heteroatoms. The van der Waals surface area contributed by atoms with E-state index in [2.05, 4.69) is 16.6 Å². The molecule has 0 unspecified atom stereocenters. The van der Waals surface area contributed by atoms with Gasteiger partial charge in [0.05, 0.1) is 0 Å². The molecule has 3 nitrogen and oxygen atoms in total. The number of imidazole rings is 1. The minimum Gasteiger partial charge on any atom is -0.335 e. The second-order valence-electron chi connectivity index (χ2n) is 3.82. The molecule has 1 aromatic heterocycles. The van der Waals surface area contributed by atoms with E-state index in [0.29, 0.717) is 6.54 Å². The molecule has 1 aromatic rings. The van der Waals surface area contributed by atoms with Crippen LogP contribution in [0.3, 0.4) is 0 Å². The van der Waals surface area contributed by atoms with E-state index in [9.17, 15) is 0 Å². The topological polar surface area (TPSA) is 43.8 Å². The molecule has 0 aliphatic heterocycles. The third-order valence-electron chi connectivity index (χ3n) is 3.01. The molecule has 1 aliphatic rings. The van der Waals surface area contributed by atoms with Gasteiger partial charge in [0.15, 0.2) is 0 Å². The van der Waals surface area contributed by atoms with Crippen LogP contribution < -0.4 is 5.73 Å². The maximum absolute atomic E-state index is 5.51. The van der Waals surface area contributed by atoms with Gasteiger partial charge in [0.25, 0.3) is 0 Å². The molecule has 1 heterocycles. The molecule has 0 aromatic carbocycles. The second-order valence-corrected chi connectivity index (χ2v) is 3.82. The summed E-state index contributed by atoms with van der Waals surface area (Å²) in [7, 11) is 2.10. The van der Waals surface area contributed by atoms with Crippen molar-refractivity contribution >= 4 is 0 Å². The van der Waals surface area contributed by atoms with Gasteiger partial charge in [0.1, 0.15) is 5.82 Å². The van der Waals surface area contributed by atoms with Gasteiger partial charge in [-0.1, -0.05) is 6.42 Å². The van der Waals surface area contributed by atoms with Crippen molar-refractivity contribution in [1.82, 2.24) is 9.55 Å². The molecule has 0 atom stereocenters. The summed E-state index contributed by atoms with van der Waals surface area (Å²) in [5, 5.41) is 0. The van der Waals surface area contributed by atoms with Crippen LogP contribution in [0.1, 0.15) is 36.7 Å². The molecule has 2 N–H and O–H groups in total. The highest BCUT2D eigenvalue weighted by molar-refractivity contribution is 5.13. The maximum Gasteiger partial charge on any atom is 0.109 e. The van der Waals surface area contributed by atoms with Crippen molar-refractivity contribution in [3.8, 4) is 0 Å². The molecule has 1 fully saturated rings. The molecule has 2 rings (SSSR count). The zero-order valence-corrected chi connectivity index (χ0v) is 8.16. The van der Waals surface area contributed by atoms with Crippen molar-refractivity contribution < 1.29 is 0 Å². The largest absolute Gasteiger partial charge is 0.335 e. The summed E-state index contributed by atoms with van der Waals surface area (Å²) in [5.41, 5.74) is 6.91. The third kappa shape index (κ3) is 1.48. The summed E-state index contributed by atoms with van der Waals surface area (Å²) >= 11 is 0. The number of rotatable bonds is 3. The highest BCUT2D eigenvalue weighted by atomic mass is 15.1. The van der Waals surface area contributed by atoms with Gasteiger partial charge in [-0.15, -0.1) is 0 Å². The summed E-state index contributed by atoms with van der Waals surface area (Å²) in [5.74, 6) is 1.90. The van der Waals surface area contributed by atoms with E-state index in [0.717, 1.165) is 18.2 Å². The summed E-state index contributed by atoms with van der Waals surface area (Å²) in [6.07, 6.45) is 6.96. The fourth-order valence-corrected chi connectivity index (χ4v) is 1.91. The zero-order chi connectivity index (χ0) is 9.26. The van der Waals surface area contributed by atoms with Crippen LogP contribution in [0.25, 0.3) is 0 Å². The van der Waals surface area contributed by atoms with Crippen LogP contribution in [-0.2, 0) is 13.5 Å². The molecule has 0 bridgehead atoms. The lowest BCUT2D eigenvalue weighted by Gasteiger charge is -2.25. The van der Waals surface area contributed by atoms with Crippen LogP contribution in [-0.4, -0.2) is 16.1 Å². The number of nitrogens with zero attached hydrogens (tertiary/aromatic N) is 2. The number of hydrogen-bond donors (Lipinski definition) is 1. The lowest BCUT2D eigenvalue weighted by Crippen LogP contribution is -2.14. The predicted molar refractivity (Wildman–Crippen MR) is 52.6 cm³/mol. The van der Waals surface area contributed by atoms with E-state index in [1.807, 2.05) is 6.20 Å². The minimum atomic E-state index is 0.689. The van der Waals surface area contributed by atoms with Crippen LogP contribution in [0.2, 0.25) is 0 Å². The van der Waals surface area contributed by atoms with Crippen molar-refractivity contribution in [1.29, 1.82) is 0 Å². The van der Waals surface area contributed by atoms with Gasteiger partial charge in [-0.05, 0) is 19.4 Å². The predicted octanol–water partition coefficient (Wildman–Crippen LogP) is 1.19. The number of hydrogen-bond acceptors (Lipinski definition) is 2. The SMILES string of the molecule is Cn1c(C2CCC2)cnc1CCN. The molecular formula is C10H17N3. The highest BCUT2D eigenvalue weighted by Crippen LogP contribution is 2.36. The van der Waals surface area contributed by atoms with Gasteiger partial charge in [-0.2, -0.15) is 0 Å². The Morgan fingerprint density at radius 3 is 2.92 bits per heavy atom. The first-order chi connectivity index (χ1) is 6.33.